The summed E-state index contributed by atoms with van der Waals surface area (Å²) in [6.07, 6.45) is 0. The van der Waals surface area contributed by atoms with Crippen molar-refractivity contribution in [1.82, 2.24) is 9.80 Å². The van der Waals surface area contributed by atoms with Crippen LogP contribution in [0.1, 0.15) is 34.6 Å². The largest absolute Gasteiger partial charge is 0.298 e. The highest BCUT2D eigenvalue weighted by atomic mass is 15.3. The minimum absolute atomic E-state index is 0.365. The molecule has 0 amide bonds. The SMILES string of the molecule is CCN(CC)C1CN(C(C)(C)C)C1. The van der Waals surface area contributed by atoms with Crippen LogP contribution in [0.4, 0.5) is 0 Å². The van der Waals surface area contributed by atoms with E-state index in [0.29, 0.717) is 5.54 Å². The van der Waals surface area contributed by atoms with Crippen LogP contribution in [-0.4, -0.2) is 47.6 Å². The first-order valence-corrected chi connectivity index (χ1v) is 5.48. The number of rotatable bonds is 3. The monoisotopic (exact) mass is 184 g/mol. The van der Waals surface area contributed by atoms with Gasteiger partial charge >= 0.3 is 0 Å². The molecule has 0 spiro atoms. The molecule has 0 aromatic rings. The zero-order valence-corrected chi connectivity index (χ0v) is 9.80. The van der Waals surface area contributed by atoms with Gasteiger partial charge in [-0.25, -0.2) is 0 Å². The molecule has 2 nitrogen and oxygen atoms in total. The van der Waals surface area contributed by atoms with Gasteiger partial charge in [0.25, 0.3) is 0 Å². The van der Waals surface area contributed by atoms with E-state index in [1.165, 1.54) is 26.2 Å². The predicted octanol–water partition coefficient (Wildman–Crippen LogP) is 1.81. The highest BCUT2D eigenvalue weighted by Gasteiger charge is 2.36. The van der Waals surface area contributed by atoms with Gasteiger partial charge in [0, 0.05) is 24.7 Å². The summed E-state index contributed by atoms with van der Waals surface area (Å²) >= 11 is 0. The minimum atomic E-state index is 0.365. The van der Waals surface area contributed by atoms with Gasteiger partial charge in [0.1, 0.15) is 0 Å². The van der Waals surface area contributed by atoms with Crippen molar-refractivity contribution in [2.24, 2.45) is 0 Å². The molecule has 0 atom stereocenters. The van der Waals surface area contributed by atoms with Crippen molar-refractivity contribution in [2.45, 2.75) is 46.2 Å². The molecule has 1 heterocycles. The Hall–Kier alpha value is -0.0800. The maximum atomic E-state index is 2.56. The van der Waals surface area contributed by atoms with Crippen molar-refractivity contribution >= 4 is 0 Å². The number of nitrogens with zero attached hydrogens (tertiary/aromatic N) is 2. The molecule has 0 saturated carbocycles. The molecule has 1 aliphatic rings. The molecular weight excluding hydrogens is 160 g/mol. The third-order valence-corrected chi connectivity index (χ3v) is 3.14. The first kappa shape index (κ1) is 11.0. The number of hydrogen-bond donors (Lipinski definition) is 0. The summed E-state index contributed by atoms with van der Waals surface area (Å²) in [6, 6.07) is 0.814. The fourth-order valence-electron chi connectivity index (χ4n) is 1.97. The number of likely N-dealkylation sites (tertiary alicyclic amines) is 1. The van der Waals surface area contributed by atoms with Crippen molar-refractivity contribution in [2.75, 3.05) is 26.2 Å². The molecule has 13 heavy (non-hydrogen) atoms. The van der Waals surface area contributed by atoms with E-state index in [1.54, 1.807) is 0 Å². The summed E-state index contributed by atoms with van der Waals surface area (Å²) in [5.41, 5.74) is 0.365. The van der Waals surface area contributed by atoms with Gasteiger partial charge in [-0.15, -0.1) is 0 Å². The average molecular weight is 184 g/mol. The Balaban J connectivity index is 2.32. The molecule has 0 radical (unpaired) electrons. The molecule has 0 bridgehead atoms. The van der Waals surface area contributed by atoms with Gasteiger partial charge in [0.05, 0.1) is 0 Å². The van der Waals surface area contributed by atoms with Crippen LogP contribution in [0.15, 0.2) is 0 Å². The lowest BCUT2D eigenvalue weighted by Crippen LogP contribution is -2.64. The maximum Gasteiger partial charge on any atom is 0.0350 e. The van der Waals surface area contributed by atoms with E-state index in [4.69, 9.17) is 0 Å². The van der Waals surface area contributed by atoms with E-state index < -0.39 is 0 Å². The van der Waals surface area contributed by atoms with Crippen LogP contribution in [0.25, 0.3) is 0 Å². The van der Waals surface area contributed by atoms with Crippen molar-refractivity contribution < 1.29 is 0 Å². The minimum Gasteiger partial charge on any atom is -0.298 e. The molecule has 78 valence electrons. The second-order valence-corrected chi connectivity index (χ2v) is 4.95. The van der Waals surface area contributed by atoms with E-state index in [2.05, 4.69) is 44.4 Å². The normalized spacial score (nSPS) is 20.8. The molecular formula is C11H24N2. The third kappa shape index (κ3) is 2.44. The Morgan fingerprint density at radius 3 is 1.92 bits per heavy atom. The highest BCUT2D eigenvalue weighted by Crippen LogP contribution is 2.23. The van der Waals surface area contributed by atoms with Crippen LogP contribution in [0, 0.1) is 0 Å². The van der Waals surface area contributed by atoms with Crippen LogP contribution < -0.4 is 0 Å². The highest BCUT2D eigenvalue weighted by molar-refractivity contribution is 4.93. The lowest BCUT2D eigenvalue weighted by atomic mass is 9.97. The Morgan fingerprint density at radius 1 is 1.15 bits per heavy atom. The molecule has 0 aliphatic carbocycles. The van der Waals surface area contributed by atoms with Crippen LogP contribution >= 0.6 is 0 Å². The van der Waals surface area contributed by atoms with Crippen LogP contribution in [-0.2, 0) is 0 Å². The fraction of sp³-hybridized carbons (Fsp3) is 1.00. The topological polar surface area (TPSA) is 6.48 Å². The average Bonchev–Trinajstić information content (AvgIpc) is 1.92. The van der Waals surface area contributed by atoms with E-state index >= 15 is 0 Å². The van der Waals surface area contributed by atoms with Gasteiger partial charge in [0.15, 0.2) is 0 Å². The van der Waals surface area contributed by atoms with Crippen molar-refractivity contribution in [3.8, 4) is 0 Å². The summed E-state index contributed by atoms with van der Waals surface area (Å²) < 4.78 is 0. The Kier molecular flexibility index (Phi) is 3.36. The molecule has 0 aromatic heterocycles. The van der Waals surface area contributed by atoms with E-state index in [1.807, 2.05) is 0 Å². The van der Waals surface area contributed by atoms with Gasteiger partial charge in [-0.2, -0.15) is 0 Å². The number of likely N-dealkylation sites (N-methyl/N-ethyl adjacent to an activating group) is 1. The Morgan fingerprint density at radius 2 is 1.62 bits per heavy atom. The second kappa shape index (κ2) is 3.97. The van der Waals surface area contributed by atoms with E-state index in [-0.39, 0.29) is 0 Å². The van der Waals surface area contributed by atoms with E-state index in [0.717, 1.165) is 6.04 Å². The molecule has 2 heteroatoms. The second-order valence-electron chi connectivity index (χ2n) is 4.95. The lowest BCUT2D eigenvalue weighted by molar-refractivity contribution is -0.0184. The molecule has 0 unspecified atom stereocenters. The smallest absolute Gasteiger partial charge is 0.0350 e. The molecule has 1 aliphatic heterocycles. The van der Waals surface area contributed by atoms with Gasteiger partial charge in [-0.1, -0.05) is 13.8 Å². The third-order valence-electron chi connectivity index (χ3n) is 3.14. The fourth-order valence-corrected chi connectivity index (χ4v) is 1.97. The van der Waals surface area contributed by atoms with Gasteiger partial charge in [0.2, 0.25) is 0 Å². The molecule has 1 rings (SSSR count). The summed E-state index contributed by atoms with van der Waals surface area (Å²) in [5.74, 6) is 0. The summed E-state index contributed by atoms with van der Waals surface area (Å²) in [6.45, 7) is 16.3. The van der Waals surface area contributed by atoms with Crippen LogP contribution in [0.5, 0.6) is 0 Å². The molecule has 0 N–H and O–H groups in total. The summed E-state index contributed by atoms with van der Waals surface area (Å²) in [5, 5.41) is 0. The molecule has 1 saturated heterocycles. The van der Waals surface area contributed by atoms with Gasteiger partial charge in [-0.3, -0.25) is 9.80 Å². The summed E-state index contributed by atoms with van der Waals surface area (Å²) in [4.78, 5) is 5.11. The van der Waals surface area contributed by atoms with E-state index in [9.17, 15) is 0 Å². The summed E-state index contributed by atoms with van der Waals surface area (Å²) in [7, 11) is 0. The maximum absolute atomic E-state index is 2.56. The first-order chi connectivity index (χ1) is 5.99. The first-order valence-electron chi connectivity index (χ1n) is 5.48. The van der Waals surface area contributed by atoms with Gasteiger partial charge in [-0.05, 0) is 33.9 Å². The molecule has 1 fully saturated rings. The van der Waals surface area contributed by atoms with Crippen molar-refractivity contribution in [1.29, 1.82) is 0 Å². The Labute approximate surface area is 82.9 Å². The number of hydrogen-bond acceptors (Lipinski definition) is 2. The Bertz CT molecular complexity index is 150. The zero-order valence-electron chi connectivity index (χ0n) is 9.80. The van der Waals surface area contributed by atoms with Crippen molar-refractivity contribution in [3.63, 3.8) is 0 Å². The lowest BCUT2D eigenvalue weighted by Gasteiger charge is -2.51. The van der Waals surface area contributed by atoms with Crippen LogP contribution in [0.3, 0.4) is 0 Å². The zero-order chi connectivity index (χ0) is 10.1. The quantitative estimate of drug-likeness (QED) is 0.660. The van der Waals surface area contributed by atoms with Crippen molar-refractivity contribution in [3.05, 3.63) is 0 Å². The van der Waals surface area contributed by atoms with Crippen LogP contribution in [0.2, 0.25) is 0 Å². The molecule has 0 aromatic carbocycles. The van der Waals surface area contributed by atoms with Gasteiger partial charge < -0.3 is 0 Å². The predicted molar refractivity (Wildman–Crippen MR) is 58.0 cm³/mol. The standard InChI is InChI=1S/C11H24N2/c1-6-12(7-2)10-8-13(9-10)11(3,4)5/h10H,6-9H2,1-5H3.